The fourth-order valence-corrected chi connectivity index (χ4v) is 2.61. The van der Waals surface area contributed by atoms with E-state index in [1.807, 2.05) is 27.7 Å². The molecule has 1 aromatic rings. The first-order valence-corrected chi connectivity index (χ1v) is 8.23. The molecule has 0 aliphatic carbocycles. The van der Waals surface area contributed by atoms with Crippen molar-refractivity contribution >= 4 is 11.9 Å². The zero-order valence-corrected chi connectivity index (χ0v) is 15.5. The summed E-state index contributed by atoms with van der Waals surface area (Å²) in [5.74, 6) is -1.43. The molecule has 0 spiro atoms. The van der Waals surface area contributed by atoms with Gasteiger partial charge in [-0.1, -0.05) is 53.2 Å². The van der Waals surface area contributed by atoms with E-state index in [1.54, 1.807) is 18.2 Å². The number of carboxylic acid groups (broad SMARTS) is 1. The minimum absolute atomic E-state index is 0.0283. The van der Waals surface area contributed by atoms with E-state index in [4.69, 9.17) is 5.11 Å². The normalized spacial score (nSPS) is 11.3. The van der Waals surface area contributed by atoms with Crippen molar-refractivity contribution in [2.24, 2.45) is 5.41 Å². The Balaban J connectivity index is 0.00000232. The van der Waals surface area contributed by atoms with Crippen LogP contribution in [0.1, 0.15) is 82.0 Å². The highest BCUT2D eigenvalue weighted by Crippen LogP contribution is 2.31. The molecule has 130 valence electrons. The first-order valence-electron chi connectivity index (χ1n) is 8.23. The van der Waals surface area contributed by atoms with Crippen LogP contribution in [0.5, 0.6) is 0 Å². The average Bonchev–Trinajstić information content (AvgIpc) is 2.47. The van der Waals surface area contributed by atoms with Crippen molar-refractivity contribution in [1.82, 2.24) is 5.32 Å². The van der Waals surface area contributed by atoms with Crippen LogP contribution in [-0.2, 0) is 0 Å². The Kier molecular flexibility index (Phi) is 8.01. The molecular weight excluding hydrogens is 290 g/mol. The molecule has 1 aromatic carbocycles. The van der Waals surface area contributed by atoms with Gasteiger partial charge < -0.3 is 10.4 Å². The van der Waals surface area contributed by atoms with Crippen molar-refractivity contribution in [3.05, 3.63) is 35.4 Å². The molecule has 0 saturated heterocycles. The van der Waals surface area contributed by atoms with Crippen LogP contribution >= 0.6 is 0 Å². The second kappa shape index (κ2) is 8.70. The molecule has 0 saturated carbocycles. The van der Waals surface area contributed by atoms with Gasteiger partial charge in [0.2, 0.25) is 0 Å². The molecule has 0 fully saturated rings. The van der Waals surface area contributed by atoms with Crippen LogP contribution in [0.4, 0.5) is 0 Å². The van der Waals surface area contributed by atoms with Crippen molar-refractivity contribution in [2.75, 3.05) is 0 Å². The summed E-state index contributed by atoms with van der Waals surface area (Å²) in [5.41, 5.74) is -0.0568. The van der Waals surface area contributed by atoms with E-state index >= 15 is 0 Å². The third-order valence-electron chi connectivity index (χ3n) is 3.73. The number of carbonyl (C=O) groups excluding carboxylic acids is 1. The van der Waals surface area contributed by atoms with Crippen LogP contribution in [0.2, 0.25) is 0 Å². The molecule has 0 aliphatic rings. The van der Waals surface area contributed by atoms with Crippen molar-refractivity contribution in [2.45, 2.75) is 66.8 Å². The summed E-state index contributed by atoms with van der Waals surface area (Å²) >= 11 is 0. The minimum atomic E-state index is -1.09. The summed E-state index contributed by atoms with van der Waals surface area (Å²) < 4.78 is 0. The fraction of sp³-hybridized carbons (Fsp3) is 0.579. The number of carbonyl (C=O) groups is 2. The van der Waals surface area contributed by atoms with Crippen LogP contribution in [0.15, 0.2) is 24.3 Å². The van der Waals surface area contributed by atoms with Gasteiger partial charge in [-0.05, 0) is 37.8 Å². The molecule has 0 unspecified atom stereocenters. The highest BCUT2D eigenvalue weighted by Gasteiger charge is 2.30. The third kappa shape index (κ3) is 6.85. The van der Waals surface area contributed by atoms with E-state index in [0.29, 0.717) is 0 Å². The number of rotatable bonds is 6. The van der Waals surface area contributed by atoms with E-state index in [9.17, 15) is 9.59 Å². The van der Waals surface area contributed by atoms with Crippen molar-refractivity contribution in [3.63, 3.8) is 0 Å². The van der Waals surface area contributed by atoms with Crippen molar-refractivity contribution in [3.8, 4) is 0 Å². The maximum absolute atomic E-state index is 12.4. The molecule has 1 rings (SSSR count). The van der Waals surface area contributed by atoms with Gasteiger partial charge in [-0.25, -0.2) is 4.79 Å². The molecule has 0 aromatic heterocycles. The fourth-order valence-electron chi connectivity index (χ4n) is 2.61. The third-order valence-corrected chi connectivity index (χ3v) is 3.73. The molecule has 0 aliphatic heterocycles. The van der Waals surface area contributed by atoms with E-state index in [-0.39, 0.29) is 22.4 Å². The van der Waals surface area contributed by atoms with Gasteiger partial charge in [-0.15, -0.1) is 0 Å². The monoisotopic (exact) mass is 321 g/mol. The van der Waals surface area contributed by atoms with Gasteiger partial charge in [0.25, 0.3) is 5.91 Å². The number of hydrogen-bond acceptors (Lipinski definition) is 2. The second-order valence-electron chi connectivity index (χ2n) is 6.88. The lowest BCUT2D eigenvalue weighted by atomic mass is 9.78. The second-order valence-corrected chi connectivity index (χ2v) is 6.88. The summed E-state index contributed by atoms with van der Waals surface area (Å²) in [6.07, 6.45) is 1.83. The molecule has 0 radical (unpaired) electrons. The molecule has 0 atom stereocenters. The topological polar surface area (TPSA) is 66.4 Å². The van der Waals surface area contributed by atoms with Crippen molar-refractivity contribution < 1.29 is 14.7 Å². The SMILES string of the molecule is CC.CCC(C)(C)CC(C)(C)NC(=O)c1ccccc1C(=O)O. The lowest BCUT2D eigenvalue weighted by Gasteiger charge is -2.35. The maximum atomic E-state index is 12.4. The van der Waals surface area contributed by atoms with Gasteiger partial charge in [-0.2, -0.15) is 0 Å². The summed E-state index contributed by atoms with van der Waals surface area (Å²) in [6, 6.07) is 6.27. The molecule has 0 bridgehead atoms. The van der Waals surface area contributed by atoms with E-state index in [0.717, 1.165) is 12.8 Å². The molecular formula is C19H31NO3. The number of benzene rings is 1. The predicted molar refractivity (Wildman–Crippen MR) is 95.0 cm³/mol. The van der Waals surface area contributed by atoms with Crippen LogP contribution in [0, 0.1) is 5.41 Å². The summed E-state index contributed by atoms with van der Waals surface area (Å²) in [7, 11) is 0. The maximum Gasteiger partial charge on any atom is 0.336 e. The Morgan fingerprint density at radius 3 is 1.96 bits per heavy atom. The molecule has 4 heteroatoms. The number of nitrogens with one attached hydrogen (secondary N) is 1. The summed E-state index contributed by atoms with van der Waals surface area (Å²) in [4.78, 5) is 23.6. The molecule has 4 nitrogen and oxygen atoms in total. The summed E-state index contributed by atoms with van der Waals surface area (Å²) in [5, 5.41) is 12.1. The van der Waals surface area contributed by atoms with Crippen LogP contribution in [0.3, 0.4) is 0 Å². The largest absolute Gasteiger partial charge is 0.478 e. The first-order chi connectivity index (χ1) is 10.6. The van der Waals surface area contributed by atoms with Crippen LogP contribution in [0.25, 0.3) is 0 Å². The lowest BCUT2D eigenvalue weighted by Crippen LogP contribution is -2.46. The number of hydrogen-bond donors (Lipinski definition) is 2. The number of aromatic carboxylic acids is 1. The Morgan fingerprint density at radius 2 is 1.52 bits per heavy atom. The number of amides is 1. The van der Waals surface area contributed by atoms with Crippen LogP contribution < -0.4 is 5.32 Å². The Hall–Kier alpha value is -1.84. The summed E-state index contributed by atoms with van der Waals surface area (Å²) in [6.45, 7) is 14.4. The Bertz CT molecular complexity index is 533. The quantitative estimate of drug-likeness (QED) is 0.795. The Labute approximate surface area is 140 Å². The molecule has 1 amide bonds. The predicted octanol–water partition coefficient (Wildman–Crippen LogP) is 4.75. The van der Waals surface area contributed by atoms with Gasteiger partial charge in [-0.3, -0.25) is 4.79 Å². The zero-order chi connectivity index (χ0) is 18.3. The lowest BCUT2D eigenvalue weighted by molar-refractivity contribution is 0.0688. The highest BCUT2D eigenvalue weighted by atomic mass is 16.4. The van der Waals surface area contributed by atoms with E-state index in [1.165, 1.54) is 6.07 Å². The first kappa shape index (κ1) is 21.2. The molecule has 0 heterocycles. The van der Waals surface area contributed by atoms with Gasteiger partial charge in [0.1, 0.15) is 0 Å². The van der Waals surface area contributed by atoms with Crippen molar-refractivity contribution in [1.29, 1.82) is 0 Å². The standard InChI is InChI=1S/C17H25NO3.C2H6/c1-6-16(2,3)11-17(4,5)18-14(19)12-9-7-8-10-13(12)15(20)21;1-2/h7-10H,6,11H2,1-5H3,(H,18,19)(H,20,21);1-2H3. The van der Waals surface area contributed by atoms with Gasteiger partial charge in [0, 0.05) is 5.54 Å². The van der Waals surface area contributed by atoms with Gasteiger partial charge >= 0.3 is 5.97 Å². The average molecular weight is 321 g/mol. The smallest absolute Gasteiger partial charge is 0.336 e. The van der Waals surface area contributed by atoms with Crippen LogP contribution in [-0.4, -0.2) is 22.5 Å². The minimum Gasteiger partial charge on any atom is -0.478 e. The zero-order valence-electron chi connectivity index (χ0n) is 15.5. The molecule has 2 N–H and O–H groups in total. The van der Waals surface area contributed by atoms with Gasteiger partial charge in [0.15, 0.2) is 0 Å². The van der Waals surface area contributed by atoms with Gasteiger partial charge in [0.05, 0.1) is 11.1 Å². The number of carboxylic acids is 1. The molecule has 23 heavy (non-hydrogen) atoms. The van der Waals surface area contributed by atoms with E-state index < -0.39 is 11.5 Å². The van der Waals surface area contributed by atoms with E-state index in [2.05, 4.69) is 26.1 Å². The highest BCUT2D eigenvalue weighted by molar-refractivity contribution is 6.04. The Morgan fingerprint density at radius 1 is 1.04 bits per heavy atom.